The topological polar surface area (TPSA) is 71.5 Å². The average molecular weight is 359 g/mol. The average Bonchev–Trinajstić information content (AvgIpc) is 2.91. The molecule has 5 nitrogen and oxygen atoms in total. The number of aromatic carboxylic acids is 1. The van der Waals surface area contributed by atoms with E-state index in [1.807, 2.05) is 6.92 Å². The van der Waals surface area contributed by atoms with E-state index in [4.69, 9.17) is 16.3 Å². The highest BCUT2D eigenvalue weighted by Gasteiger charge is 2.16. The number of carboxylic acid groups (broad SMARTS) is 1. The maximum absolute atomic E-state index is 11.3. The number of hydrogen-bond donors (Lipinski definition) is 2. The first kappa shape index (κ1) is 16.9. The van der Waals surface area contributed by atoms with Crippen molar-refractivity contribution < 1.29 is 14.6 Å². The molecule has 0 amide bonds. The molecule has 22 heavy (non-hydrogen) atoms. The zero-order valence-electron chi connectivity index (χ0n) is 12.1. The van der Waals surface area contributed by atoms with Crippen molar-refractivity contribution in [3.8, 4) is 5.75 Å². The second kappa shape index (κ2) is 7.71. The Balaban J connectivity index is 2.29. The summed E-state index contributed by atoms with van der Waals surface area (Å²) in [5, 5.41) is 12.5. The van der Waals surface area contributed by atoms with Crippen LogP contribution in [0.25, 0.3) is 0 Å². The van der Waals surface area contributed by atoms with E-state index < -0.39 is 5.97 Å². The number of aromatic nitrogens is 1. The van der Waals surface area contributed by atoms with Gasteiger partial charge in [-0.2, -0.15) is 0 Å². The molecule has 8 heteroatoms. The molecule has 0 fully saturated rings. The molecule has 0 saturated heterocycles. The first-order valence-electron chi connectivity index (χ1n) is 6.47. The van der Waals surface area contributed by atoms with Gasteiger partial charge in [0.2, 0.25) is 0 Å². The van der Waals surface area contributed by atoms with E-state index in [9.17, 15) is 9.90 Å². The predicted molar refractivity (Wildman–Crippen MR) is 90.8 cm³/mol. The minimum absolute atomic E-state index is 0.157. The third-order valence-corrected chi connectivity index (χ3v) is 4.86. The number of ether oxygens (including phenoxy) is 1. The normalized spacial score (nSPS) is 10.5. The highest BCUT2D eigenvalue weighted by atomic mass is 35.5. The van der Waals surface area contributed by atoms with Crippen molar-refractivity contribution in [3.05, 3.63) is 33.2 Å². The predicted octanol–water partition coefficient (Wildman–Crippen LogP) is 4.23. The first-order valence-corrected chi connectivity index (χ1v) is 8.65. The van der Waals surface area contributed by atoms with E-state index in [-0.39, 0.29) is 5.56 Å². The number of thiazole rings is 1. The molecule has 0 unspecified atom stereocenters. The van der Waals surface area contributed by atoms with Crippen molar-refractivity contribution in [2.24, 2.45) is 0 Å². The van der Waals surface area contributed by atoms with Crippen molar-refractivity contribution in [2.45, 2.75) is 18.4 Å². The second-order valence-corrected chi connectivity index (χ2v) is 7.22. The number of halogens is 1. The highest BCUT2D eigenvalue weighted by molar-refractivity contribution is 7.99. The fourth-order valence-corrected chi connectivity index (χ4v) is 3.57. The SMILES string of the molecule is CCSc1cc(C(=O)O)c(OC)cc1NCc1cnc(Cl)s1. The molecule has 0 bridgehead atoms. The molecule has 0 spiro atoms. The summed E-state index contributed by atoms with van der Waals surface area (Å²) in [5.74, 6) is 0.167. The van der Waals surface area contributed by atoms with Gasteiger partial charge in [-0.15, -0.1) is 23.1 Å². The third kappa shape index (κ3) is 4.06. The largest absolute Gasteiger partial charge is 0.496 e. The minimum atomic E-state index is -1.00. The molecule has 0 saturated carbocycles. The lowest BCUT2D eigenvalue weighted by Gasteiger charge is -2.14. The number of carboxylic acids is 1. The Bertz CT molecular complexity index is 676. The number of methoxy groups -OCH3 is 1. The summed E-state index contributed by atoms with van der Waals surface area (Å²) in [6.45, 7) is 2.58. The number of carbonyl (C=O) groups is 1. The second-order valence-electron chi connectivity index (χ2n) is 4.22. The van der Waals surface area contributed by atoms with Crippen LogP contribution in [-0.4, -0.2) is 28.9 Å². The molecule has 0 radical (unpaired) electrons. The lowest BCUT2D eigenvalue weighted by atomic mass is 10.1. The van der Waals surface area contributed by atoms with Crippen LogP contribution in [0, 0.1) is 0 Å². The first-order chi connectivity index (χ1) is 10.5. The van der Waals surface area contributed by atoms with Gasteiger partial charge < -0.3 is 15.2 Å². The molecule has 118 valence electrons. The van der Waals surface area contributed by atoms with E-state index >= 15 is 0 Å². The van der Waals surface area contributed by atoms with Crippen LogP contribution in [-0.2, 0) is 6.54 Å². The summed E-state index contributed by atoms with van der Waals surface area (Å²) in [6, 6.07) is 3.35. The van der Waals surface area contributed by atoms with Crippen LogP contribution in [0.15, 0.2) is 23.2 Å². The number of hydrogen-bond acceptors (Lipinski definition) is 6. The molecule has 0 aliphatic carbocycles. The lowest BCUT2D eigenvalue weighted by Crippen LogP contribution is -2.05. The van der Waals surface area contributed by atoms with Crippen LogP contribution >= 0.6 is 34.7 Å². The van der Waals surface area contributed by atoms with Crippen LogP contribution in [0.5, 0.6) is 5.75 Å². The summed E-state index contributed by atoms with van der Waals surface area (Å²) in [5.41, 5.74) is 0.989. The van der Waals surface area contributed by atoms with E-state index in [0.717, 1.165) is 21.2 Å². The summed E-state index contributed by atoms with van der Waals surface area (Å²) >= 11 is 8.79. The number of anilines is 1. The van der Waals surface area contributed by atoms with Crippen molar-refractivity contribution in [1.82, 2.24) is 4.98 Å². The molecular formula is C14H15ClN2O3S2. The van der Waals surface area contributed by atoms with E-state index in [0.29, 0.717) is 16.8 Å². The van der Waals surface area contributed by atoms with E-state index in [1.54, 1.807) is 30.1 Å². The van der Waals surface area contributed by atoms with Crippen molar-refractivity contribution in [2.75, 3.05) is 18.2 Å². The van der Waals surface area contributed by atoms with Crippen LogP contribution in [0.4, 0.5) is 5.69 Å². The van der Waals surface area contributed by atoms with Crippen molar-refractivity contribution in [1.29, 1.82) is 0 Å². The van der Waals surface area contributed by atoms with Gasteiger partial charge in [0.25, 0.3) is 0 Å². The zero-order valence-corrected chi connectivity index (χ0v) is 14.4. The maximum Gasteiger partial charge on any atom is 0.339 e. The van der Waals surface area contributed by atoms with Gasteiger partial charge in [-0.25, -0.2) is 9.78 Å². The van der Waals surface area contributed by atoms with Crippen LogP contribution < -0.4 is 10.1 Å². The number of nitrogens with one attached hydrogen (secondary N) is 1. The Morgan fingerprint density at radius 3 is 2.86 bits per heavy atom. The summed E-state index contributed by atoms with van der Waals surface area (Å²) in [7, 11) is 1.46. The standard InChI is InChI=1S/C14H15ClN2O3S2/c1-3-21-12-4-9(13(18)19)11(20-2)5-10(12)16-6-8-7-17-14(15)22-8/h4-5,7,16H,3,6H2,1-2H3,(H,18,19). The van der Waals surface area contributed by atoms with Crippen LogP contribution in [0.3, 0.4) is 0 Å². The number of rotatable bonds is 7. The summed E-state index contributed by atoms with van der Waals surface area (Å²) in [4.78, 5) is 17.2. The lowest BCUT2D eigenvalue weighted by molar-refractivity contribution is 0.0693. The zero-order chi connectivity index (χ0) is 16.1. The molecule has 1 heterocycles. The molecule has 0 atom stereocenters. The van der Waals surface area contributed by atoms with Crippen molar-refractivity contribution >= 4 is 46.4 Å². The monoisotopic (exact) mass is 358 g/mol. The molecule has 2 rings (SSSR count). The molecule has 0 aliphatic heterocycles. The van der Waals surface area contributed by atoms with Gasteiger partial charge in [0.1, 0.15) is 11.3 Å². The molecule has 1 aromatic carbocycles. The smallest absolute Gasteiger partial charge is 0.339 e. The number of benzene rings is 1. The van der Waals surface area contributed by atoms with Gasteiger partial charge in [0.15, 0.2) is 4.47 Å². The van der Waals surface area contributed by atoms with Gasteiger partial charge in [-0.1, -0.05) is 18.5 Å². The molecule has 0 aliphatic rings. The molecular weight excluding hydrogens is 344 g/mol. The Labute approximate surface area is 141 Å². The Hall–Kier alpha value is -1.44. The van der Waals surface area contributed by atoms with Gasteiger partial charge in [-0.3, -0.25) is 0 Å². The molecule has 2 aromatic rings. The summed E-state index contributed by atoms with van der Waals surface area (Å²) < 4.78 is 5.67. The van der Waals surface area contributed by atoms with Gasteiger partial charge in [0, 0.05) is 22.0 Å². The van der Waals surface area contributed by atoms with Crippen molar-refractivity contribution in [3.63, 3.8) is 0 Å². The number of thioether (sulfide) groups is 1. The highest BCUT2D eigenvalue weighted by Crippen LogP contribution is 2.34. The van der Waals surface area contributed by atoms with Crippen LogP contribution in [0.1, 0.15) is 22.2 Å². The molecule has 1 aromatic heterocycles. The summed E-state index contributed by atoms with van der Waals surface area (Å²) in [6.07, 6.45) is 1.72. The third-order valence-electron chi connectivity index (χ3n) is 2.81. The fraction of sp³-hybridized carbons (Fsp3) is 0.286. The number of nitrogens with zero attached hydrogens (tertiary/aromatic N) is 1. The Morgan fingerprint density at radius 1 is 1.55 bits per heavy atom. The molecule has 2 N–H and O–H groups in total. The Kier molecular flexibility index (Phi) is 5.93. The van der Waals surface area contributed by atoms with E-state index in [1.165, 1.54) is 18.4 Å². The fourth-order valence-electron chi connectivity index (χ4n) is 1.86. The van der Waals surface area contributed by atoms with Gasteiger partial charge in [0.05, 0.1) is 19.3 Å². The Morgan fingerprint density at radius 2 is 2.32 bits per heavy atom. The minimum Gasteiger partial charge on any atom is -0.496 e. The van der Waals surface area contributed by atoms with Gasteiger partial charge in [-0.05, 0) is 11.8 Å². The van der Waals surface area contributed by atoms with Crippen LogP contribution in [0.2, 0.25) is 4.47 Å². The maximum atomic E-state index is 11.3. The van der Waals surface area contributed by atoms with Gasteiger partial charge >= 0.3 is 5.97 Å². The quantitative estimate of drug-likeness (QED) is 0.722. The van der Waals surface area contributed by atoms with E-state index in [2.05, 4.69) is 10.3 Å².